The number of oxime groups is 1. The Bertz CT molecular complexity index is 2530. The molecule has 0 bridgehead atoms. The van der Waals surface area contributed by atoms with Crippen LogP contribution in [0.5, 0.6) is 11.5 Å². The summed E-state index contributed by atoms with van der Waals surface area (Å²) >= 11 is 1.75. The Morgan fingerprint density at radius 3 is 2.39 bits per heavy atom. The zero-order chi connectivity index (χ0) is 47.8. The summed E-state index contributed by atoms with van der Waals surface area (Å²) in [4.78, 5) is 24.3. The minimum absolute atomic E-state index is 0.0542. The first-order chi connectivity index (χ1) is 34.0. The number of aliphatic hydroxyl groups excluding tert-OH is 2. The molecule has 1 saturated carbocycles. The van der Waals surface area contributed by atoms with Crippen molar-refractivity contribution in [2.75, 3.05) is 38.8 Å². The van der Waals surface area contributed by atoms with E-state index < -0.39 is 23.8 Å². The molecule has 5 aromatic carbocycles. The van der Waals surface area contributed by atoms with E-state index in [0.29, 0.717) is 37.3 Å². The number of amides is 1. The number of rotatable bonds is 25. The van der Waals surface area contributed by atoms with Gasteiger partial charge in [0.15, 0.2) is 0 Å². The number of hydrogen-bond donors (Lipinski definition) is 2. The predicted octanol–water partition coefficient (Wildman–Crippen LogP) is 12.1. The van der Waals surface area contributed by atoms with Crippen LogP contribution >= 0.6 is 11.8 Å². The van der Waals surface area contributed by atoms with Crippen molar-refractivity contribution in [3.05, 3.63) is 175 Å². The van der Waals surface area contributed by atoms with Gasteiger partial charge < -0.3 is 34.0 Å². The van der Waals surface area contributed by atoms with E-state index in [2.05, 4.69) is 61.7 Å². The summed E-state index contributed by atoms with van der Waals surface area (Å²) < 4.78 is 27.4. The second-order valence-corrected chi connectivity index (χ2v) is 19.2. The quantitative estimate of drug-likeness (QED) is 0.0255. The molecule has 362 valence electrons. The first-order valence-electron chi connectivity index (χ1n) is 24.5. The average molecular weight is 951 g/mol. The summed E-state index contributed by atoms with van der Waals surface area (Å²) in [6.45, 7) is 9.44. The number of carbonyl (C=O) groups is 1. The van der Waals surface area contributed by atoms with Crippen molar-refractivity contribution in [2.24, 2.45) is 22.9 Å². The summed E-state index contributed by atoms with van der Waals surface area (Å²) in [7, 11) is 0. The fourth-order valence-electron chi connectivity index (χ4n) is 10.6. The molecule has 1 amide bonds. The maximum atomic E-state index is 15.0. The summed E-state index contributed by atoms with van der Waals surface area (Å²) in [5.41, 5.74) is 4.60. The number of allylic oxidation sites excluding steroid dienone is 1. The smallest absolute Gasteiger partial charge is 0.410 e. The summed E-state index contributed by atoms with van der Waals surface area (Å²) in [6.07, 6.45) is 10.7. The Balaban J connectivity index is 1.30. The average Bonchev–Trinajstić information content (AvgIpc) is 3.38. The minimum Gasteiger partial charge on any atom is -0.493 e. The second kappa shape index (κ2) is 24.6. The second-order valence-electron chi connectivity index (χ2n) is 18.0. The van der Waals surface area contributed by atoms with Crippen LogP contribution in [0.4, 0.5) is 4.79 Å². The van der Waals surface area contributed by atoms with Gasteiger partial charge in [0.1, 0.15) is 24.1 Å². The number of thioether (sulfide) groups is 1. The third-order valence-corrected chi connectivity index (χ3v) is 14.6. The van der Waals surface area contributed by atoms with Gasteiger partial charge in [0, 0.05) is 41.8 Å². The molecule has 8 rings (SSSR count). The number of hydrogen-bond acceptors (Lipinski definition) is 10. The van der Waals surface area contributed by atoms with E-state index in [-0.39, 0.29) is 63.8 Å². The third-order valence-electron chi connectivity index (χ3n) is 13.6. The third kappa shape index (κ3) is 11.8. The Morgan fingerprint density at radius 1 is 0.855 bits per heavy atom. The van der Waals surface area contributed by atoms with Crippen molar-refractivity contribution in [2.45, 2.75) is 87.2 Å². The highest BCUT2D eigenvalue weighted by Gasteiger charge is 2.65. The molecule has 10 nitrogen and oxygen atoms in total. The predicted molar refractivity (Wildman–Crippen MR) is 275 cm³/mol. The molecule has 0 spiro atoms. The van der Waals surface area contributed by atoms with Gasteiger partial charge in [-0.3, -0.25) is 4.90 Å². The molecule has 1 heterocycles. The number of carbonyl (C=O) groups excluding carboxylic acids is 1. The molecule has 3 aliphatic rings. The monoisotopic (exact) mass is 950 g/mol. The van der Waals surface area contributed by atoms with Gasteiger partial charge >= 0.3 is 6.09 Å². The van der Waals surface area contributed by atoms with Crippen LogP contribution in [-0.2, 0) is 27.5 Å². The summed E-state index contributed by atoms with van der Waals surface area (Å²) in [5.74, 6) is 0.136. The molecule has 5 aromatic rings. The first kappa shape index (κ1) is 49.6. The zero-order valence-electron chi connectivity index (χ0n) is 39.5. The summed E-state index contributed by atoms with van der Waals surface area (Å²) in [6, 6.07) is 40.0. The van der Waals surface area contributed by atoms with Crippen molar-refractivity contribution >= 4 is 34.3 Å². The SMILES string of the molecule is C=CCCOC(=O)N(Cc1cccc2ccccc12)[C@H]1CC(=NOCc2ccccc2)C2=C[C@H](CCCCO)[C@@H](CCCCO)[C@@H]3c4cc(OCCSc5ccccc5)ccc4O[C@@]1(OCC=C)[C@H]23. The fourth-order valence-corrected chi connectivity index (χ4v) is 11.3. The van der Waals surface area contributed by atoms with Gasteiger partial charge in [-0.2, -0.15) is 0 Å². The molecule has 2 aliphatic carbocycles. The van der Waals surface area contributed by atoms with E-state index in [1.807, 2.05) is 78.9 Å². The summed E-state index contributed by atoms with van der Waals surface area (Å²) in [5, 5.41) is 27.2. The fraction of sp³-hybridized carbons (Fsp3) is 0.379. The molecule has 1 aliphatic heterocycles. The molecular weight excluding hydrogens is 885 g/mol. The van der Waals surface area contributed by atoms with Crippen LogP contribution in [0.25, 0.3) is 10.8 Å². The zero-order valence-corrected chi connectivity index (χ0v) is 40.4. The van der Waals surface area contributed by atoms with Gasteiger partial charge in [0.2, 0.25) is 5.79 Å². The van der Waals surface area contributed by atoms with Crippen molar-refractivity contribution in [1.82, 2.24) is 4.90 Å². The Labute approximate surface area is 411 Å². The molecule has 0 radical (unpaired) electrons. The number of aliphatic hydroxyl groups is 2. The first-order valence-corrected chi connectivity index (χ1v) is 25.5. The highest BCUT2D eigenvalue weighted by atomic mass is 32.2. The topological polar surface area (TPSA) is 119 Å². The van der Waals surface area contributed by atoms with E-state index in [1.165, 1.54) is 4.90 Å². The molecule has 69 heavy (non-hydrogen) atoms. The maximum absolute atomic E-state index is 15.0. The highest BCUT2D eigenvalue weighted by molar-refractivity contribution is 7.99. The minimum atomic E-state index is -1.46. The van der Waals surface area contributed by atoms with Crippen LogP contribution in [0.15, 0.2) is 168 Å². The van der Waals surface area contributed by atoms with Crippen LogP contribution in [0.1, 0.15) is 74.0 Å². The van der Waals surface area contributed by atoms with Gasteiger partial charge in [0.25, 0.3) is 0 Å². The van der Waals surface area contributed by atoms with Crippen molar-refractivity contribution in [3.63, 3.8) is 0 Å². The molecule has 6 atom stereocenters. The van der Waals surface area contributed by atoms with Crippen LogP contribution in [0.3, 0.4) is 0 Å². The molecule has 2 N–H and O–H groups in total. The van der Waals surface area contributed by atoms with Gasteiger partial charge in [-0.25, -0.2) is 4.79 Å². The van der Waals surface area contributed by atoms with Gasteiger partial charge in [-0.05, 0) is 102 Å². The van der Waals surface area contributed by atoms with Crippen molar-refractivity contribution in [3.8, 4) is 11.5 Å². The van der Waals surface area contributed by atoms with E-state index in [1.54, 1.807) is 28.8 Å². The molecule has 1 fully saturated rings. The van der Waals surface area contributed by atoms with Crippen LogP contribution in [-0.4, -0.2) is 77.5 Å². The van der Waals surface area contributed by atoms with E-state index >= 15 is 4.79 Å². The largest absolute Gasteiger partial charge is 0.493 e. The Morgan fingerprint density at radius 2 is 1.61 bits per heavy atom. The number of ether oxygens (including phenoxy) is 4. The molecular formula is C58H66N2O8S. The lowest BCUT2D eigenvalue weighted by Gasteiger charge is -2.60. The van der Waals surface area contributed by atoms with Gasteiger partial charge in [0.05, 0.1) is 38.0 Å². The normalized spacial score (nSPS) is 21.9. The molecule has 0 unspecified atom stereocenters. The van der Waals surface area contributed by atoms with Crippen LogP contribution < -0.4 is 9.47 Å². The van der Waals surface area contributed by atoms with E-state index in [0.717, 1.165) is 70.2 Å². The number of nitrogens with zero attached hydrogens (tertiary/aromatic N) is 2. The lowest BCUT2D eigenvalue weighted by atomic mass is 9.55. The maximum Gasteiger partial charge on any atom is 0.410 e. The van der Waals surface area contributed by atoms with E-state index in [4.69, 9.17) is 28.9 Å². The Hall–Kier alpha value is -5.85. The van der Waals surface area contributed by atoms with Crippen LogP contribution in [0, 0.1) is 17.8 Å². The lowest BCUT2D eigenvalue weighted by molar-refractivity contribution is -0.256. The van der Waals surface area contributed by atoms with Crippen LogP contribution in [0.2, 0.25) is 0 Å². The Kier molecular flexibility index (Phi) is 17.7. The van der Waals surface area contributed by atoms with E-state index in [9.17, 15) is 10.2 Å². The number of benzene rings is 5. The van der Waals surface area contributed by atoms with Gasteiger partial charge in [-0.1, -0.05) is 127 Å². The number of fused-ring (bicyclic) bond motifs is 3. The molecule has 11 heteroatoms. The standard InChI is InChI=1S/C58H66N2O8S/c1-3-5-34-65-57(63)60(40-45-24-18-23-43-21-12-13-27-48(43)45)54-39-52(59-67-41-42-19-8-6-9-20-42)50-37-44(22-14-16-31-61)49(28-15-17-32-62)55-51-38-46(64-35-36-69-47-25-10-7-11-26-47)29-30-53(51)68-58(54,56(50)55)66-33-4-2/h3-4,6-13,18-21,23-27,29-30,37-38,44,49,54-56,61-62H,1-2,5,14-17,22,28,31-36,39-41H2/t44-,49+,54-,55+,56+,58+/m0/s1. The molecule has 0 saturated heterocycles. The highest BCUT2D eigenvalue weighted by Crippen LogP contribution is 2.62. The van der Waals surface area contributed by atoms with Crippen molar-refractivity contribution < 1.29 is 38.8 Å². The van der Waals surface area contributed by atoms with Gasteiger partial charge in [-0.15, -0.1) is 24.9 Å². The lowest BCUT2D eigenvalue weighted by Crippen LogP contribution is -2.70. The van der Waals surface area contributed by atoms with Crippen molar-refractivity contribution in [1.29, 1.82) is 0 Å². The number of unbranched alkanes of at least 4 members (excludes halogenated alkanes) is 2. The molecule has 0 aromatic heterocycles.